The smallest absolute Gasteiger partial charge is 0.164 e. The molecule has 8 heteroatoms. The number of rotatable bonds is 6. The van der Waals surface area contributed by atoms with Gasteiger partial charge in [0.25, 0.3) is 0 Å². The number of nitrogens with zero attached hydrogens (tertiary/aromatic N) is 5. The summed E-state index contributed by atoms with van der Waals surface area (Å²) < 4.78 is 6.47. The van der Waals surface area contributed by atoms with E-state index in [-0.39, 0.29) is 5.92 Å². The number of anilines is 6. The van der Waals surface area contributed by atoms with E-state index in [0.717, 1.165) is 68.7 Å². The van der Waals surface area contributed by atoms with Crippen LogP contribution >= 0.6 is 23.5 Å². The number of para-hydroxylation sites is 6. The van der Waals surface area contributed by atoms with Crippen molar-refractivity contribution in [2.24, 2.45) is 0 Å². The van der Waals surface area contributed by atoms with Crippen molar-refractivity contribution >= 4 is 57.6 Å². The van der Waals surface area contributed by atoms with Gasteiger partial charge < -0.3 is 14.5 Å². The Balaban J connectivity index is 0.893. The number of aromatic nitrogens is 3. The third kappa shape index (κ3) is 7.13. The van der Waals surface area contributed by atoms with E-state index in [0.29, 0.717) is 17.5 Å². The molecule has 9 aromatic carbocycles. The van der Waals surface area contributed by atoms with Crippen LogP contribution in [0.25, 0.3) is 34.2 Å². The number of hydrogen-bond donors (Lipinski definition) is 0. The van der Waals surface area contributed by atoms with Crippen LogP contribution in [0.3, 0.4) is 0 Å². The van der Waals surface area contributed by atoms with E-state index in [1.54, 1.807) is 0 Å². The van der Waals surface area contributed by atoms with E-state index < -0.39 is 0 Å². The second kappa shape index (κ2) is 16.5. The van der Waals surface area contributed by atoms with Crippen LogP contribution in [0.15, 0.2) is 238 Å². The van der Waals surface area contributed by atoms with Gasteiger partial charge in [0.2, 0.25) is 0 Å². The van der Waals surface area contributed by atoms with Crippen molar-refractivity contribution in [2.75, 3.05) is 9.80 Å². The Morgan fingerprint density at radius 2 is 0.746 bits per heavy atom. The van der Waals surface area contributed by atoms with Crippen molar-refractivity contribution in [3.8, 4) is 45.7 Å². The summed E-state index contributed by atoms with van der Waals surface area (Å²) in [4.78, 5) is 25.2. The lowest BCUT2D eigenvalue weighted by molar-refractivity contribution is 0.478. The quantitative estimate of drug-likeness (QED) is 0.164. The van der Waals surface area contributed by atoms with Crippen LogP contribution in [0, 0.1) is 0 Å². The molecule has 6 nitrogen and oxygen atoms in total. The Bertz CT molecular complexity index is 3260. The first-order valence-corrected chi connectivity index (χ1v) is 24.1. The van der Waals surface area contributed by atoms with Crippen molar-refractivity contribution in [1.29, 1.82) is 0 Å². The molecule has 0 fully saturated rings. The van der Waals surface area contributed by atoms with Gasteiger partial charge in [-0.25, -0.2) is 15.0 Å². The SMILES string of the molecule is c1ccc2c(c1)CC(c1ccc(-c3nc(-c4ccc(N5c6ccccc6Sc6ccccc65)cc4)nc(-c4ccc(N5c6ccccc6Sc6ccccc65)cc4)n3)cc1)c1ccccc1O2. The molecule has 318 valence electrons. The first-order valence-electron chi connectivity index (χ1n) is 22.4. The molecule has 0 aliphatic carbocycles. The number of ether oxygens (including phenoxy) is 1. The van der Waals surface area contributed by atoms with E-state index in [9.17, 15) is 0 Å². The molecule has 0 saturated heterocycles. The second-order valence-electron chi connectivity index (χ2n) is 16.8. The zero-order chi connectivity index (χ0) is 44.3. The van der Waals surface area contributed by atoms with Crippen molar-refractivity contribution < 1.29 is 4.74 Å². The van der Waals surface area contributed by atoms with Crippen LogP contribution in [0.4, 0.5) is 34.1 Å². The molecule has 0 radical (unpaired) electrons. The van der Waals surface area contributed by atoms with Crippen LogP contribution in [0.5, 0.6) is 11.5 Å². The summed E-state index contributed by atoms with van der Waals surface area (Å²) in [5, 5.41) is 0. The normalized spacial score (nSPS) is 14.3. The van der Waals surface area contributed by atoms with Crippen LogP contribution in [0.2, 0.25) is 0 Å². The van der Waals surface area contributed by atoms with E-state index in [4.69, 9.17) is 19.7 Å². The molecule has 10 aromatic rings. The molecule has 3 aliphatic heterocycles. The Labute approximate surface area is 397 Å². The zero-order valence-electron chi connectivity index (χ0n) is 36.0. The predicted molar refractivity (Wildman–Crippen MR) is 272 cm³/mol. The first kappa shape index (κ1) is 39.5. The summed E-state index contributed by atoms with van der Waals surface area (Å²) in [5.41, 5.74) is 13.1. The van der Waals surface area contributed by atoms with Gasteiger partial charge >= 0.3 is 0 Å². The largest absolute Gasteiger partial charge is 0.457 e. The predicted octanol–water partition coefficient (Wildman–Crippen LogP) is 16.2. The Kier molecular flexibility index (Phi) is 9.72. The lowest BCUT2D eigenvalue weighted by atomic mass is 9.85. The summed E-state index contributed by atoms with van der Waals surface area (Å²) >= 11 is 3.62. The minimum atomic E-state index is 0.116. The van der Waals surface area contributed by atoms with Gasteiger partial charge in [-0.15, -0.1) is 0 Å². The first-order chi connectivity index (χ1) is 33.2. The van der Waals surface area contributed by atoms with Gasteiger partial charge in [0.15, 0.2) is 17.5 Å². The van der Waals surface area contributed by atoms with Gasteiger partial charge in [-0.2, -0.15) is 0 Å². The third-order valence-corrected chi connectivity index (χ3v) is 15.0. The van der Waals surface area contributed by atoms with Crippen molar-refractivity contribution in [3.63, 3.8) is 0 Å². The maximum atomic E-state index is 6.47. The monoisotopic (exact) mass is 897 g/mol. The Morgan fingerprint density at radius 1 is 0.373 bits per heavy atom. The fourth-order valence-electron chi connectivity index (χ4n) is 9.49. The van der Waals surface area contributed by atoms with Crippen LogP contribution in [0.1, 0.15) is 22.6 Å². The minimum absolute atomic E-state index is 0.116. The van der Waals surface area contributed by atoms with Crippen molar-refractivity contribution in [1.82, 2.24) is 15.0 Å². The summed E-state index contributed by atoms with van der Waals surface area (Å²) in [7, 11) is 0. The summed E-state index contributed by atoms with van der Waals surface area (Å²) in [6.07, 6.45) is 0.833. The van der Waals surface area contributed by atoms with Crippen molar-refractivity contribution in [2.45, 2.75) is 31.9 Å². The highest BCUT2D eigenvalue weighted by atomic mass is 32.2. The zero-order valence-corrected chi connectivity index (χ0v) is 37.7. The Hall–Kier alpha value is -7.91. The van der Waals surface area contributed by atoms with Crippen LogP contribution < -0.4 is 14.5 Å². The molecular weight excluding hydrogens is 859 g/mol. The molecule has 1 atom stereocenters. The molecule has 0 spiro atoms. The average Bonchev–Trinajstić information content (AvgIpc) is 3.56. The molecule has 1 unspecified atom stereocenters. The third-order valence-electron chi connectivity index (χ3n) is 12.7. The summed E-state index contributed by atoms with van der Waals surface area (Å²) in [6, 6.07) is 77.0. The van der Waals surface area contributed by atoms with Gasteiger partial charge in [0.05, 0.1) is 22.7 Å². The lowest BCUT2D eigenvalue weighted by Gasteiger charge is -2.32. The molecule has 3 aliphatic rings. The number of benzene rings is 9. The standard InChI is InChI=1S/C59H39N5OS2/c1-7-19-51-42(13-1)37-46(45-14-2-8-20-52(45)65-51)38-25-27-39(28-26-38)57-60-58(40-29-33-43(34-30-40)63-47-15-3-9-21-53(47)66-54-22-10-4-16-48(54)63)62-59(61-57)41-31-35-44(36-32-41)64-49-17-5-11-23-55(49)67-56-24-12-6-18-50(56)64/h1-36,46H,37H2. The fourth-order valence-corrected chi connectivity index (χ4v) is 11.6. The second-order valence-corrected chi connectivity index (χ2v) is 18.9. The molecule has 0 N–H and O–H groups in total. The highest BCUT2D eigenvalue weighted by molar-refractivity contribution is 8.00. The highest BCUT2D eigenvalue weighted by Gasteiger charge is 2.28. The highest BCUT2D eigenvalue weighted by Crippen LogP contribution is 2.53. The molecule has 4 heterocycles. The van der Waals surface area contributed by atoms with Crippen molar-refractivity contribution in [3.05, 3.63) is 235 Å². The number of fused-ring (bicyclic) bond motifs is 6. The average molecular weight is 898 g/mol. The van der Waals surface area contributed by atoms with Crippen LogP contribution in [-0.4, -0.2) is 15.0 Å². The summed E-state index contributed by atoms with van der Waals surface area (Å²) in [6.45, 7) is 0. The molecule has 0 saturated carbocycles. The molecular formula is C59H39N5OS2. The Morgan fingerprint density at radius 3 is 1.21 bits per heavy atom. The van der Waals surface area contributed by atoms with E-state index >= 15 is 0 Å². The van der Waals surface area contributed by atoms with E-state index in [2.05, 4.69) is 216 Å². The van der Waals surface area contributed by atoms with Gasteiger partial charge in [-0.1, -0.05) is 133 Å². The van der Waals surface area contributed by atoms with Crippen LogP contribution in [-0.2, 0) is 6.42 Å². The fraction of sp³-hybridized carbons (Fsp3) is 0.0339. The van der Waals surface area contributed by atoms with Gasteiger partial charge in [-0.05, 0) is 127 Å². The van der Waals surface area contributed by atoms with Gasteiger partial charge in [0, 0.05) is 59.1 Å². The maximum Gasteiger partial charge on any atom is 0.164 e. The van der Waals surface area contributed by atoms with Gasteiger partial charge in [0.1, 0.15) is 11.5 Å². The molecule has 0 bridgehead atoms. The topological polar surface area (TPSA) is 54.4 Å². The molecule has 0 amide bonds. The minimum Gasteiger partial charge on any atom is -0.457 e. The summed E-state index contributed by atoms with van der Waals surface area (Å²) in [5.74, 6) is 3.75. The van der Waals surface area contributed by atoms with E-state index in [1.165, 1.54) is 36.3 Å². The molecule has 1 aromatic heterocycles. The molecule has 13 rings (SSSR count). The lowest BCUT2D eigenvalue weighted by Crippen LogP contribution is -2.14. The van der Waals surface area contributed by atoms with E-state index in [1.807, 2.05) is 35.7 Å². The number of hydrogen-bond acceptors (Lipinski definition) is 8. The maximum absolute atomic E-state index is 6.47. The molecule has 67 heavy (non-hydrogen) atoms. The van der Waals surface area contributed by atoms with Gasteiger partial charge in [-0.3, -0.25) is 0 Å².